The van der Waals surface area contributed by atoms with Crippen molar-refractivity contribution in [3.8, 4) is 5.75 Å². The summed E-state index contributed by atoms with van der Waals surface area (Å²) in [5.41, 5.74) is 1.11. The molecule has 0 spiro atoms. The van der Waals surface area contributed by atoms with E-state index in [4.69, 9.17) is 4.74 Å². The topological polar surface area (TPSA) is 25.4 Å². The van der Waals surface area contributed by atoms with E-state index in [0.29, 0.717) is 0 Å². The molecule has 0 N–H and O–H groups in total. The second-order valence-electron chi connectivity index (χ2n) is 4.86. The van der Waals surface area contributed by atoms with E-state index in [-0.39, 0.29) is 0 Å². The van der Waals surface area contributed by atoms with Gasteiger partial charge >= 0.3 is 0 Å². The highest BCUT2D eigenvalue weighted by Crippen LogP contribution is 2.22. The van der Waals surface area contributed by atoms with E-state index in [2.05, 4.69) is 16.1 Å². The molecule has 1 aliphatic rings. The molecule has 0 saturated carbocycles. The Hall–Kier alpha value is -0.740. The number of methoxy groups -OCH3 is 1. The maximum atomic E-state index is 5.23. The molecule has 0 aromatic carbocycles. The summed E-state index contributed by atoms with van der Waals surface area (Å²) in [6.45, 7) is 3.34. The molecule has 0 bridgehead atoms. The van der Waals surface area contributed by atoms with Crippen LogP contribution in [0.1, 0.15) is 18.5 Å². The monoisotopic (exact) mass is 266 g/mol. The van der Waals surface area contributed by atoms with Crippen molar-refractivity contribution in [1.82, 2.24) is 9.88 Å². The molecular formula is C14H22N2OS. The number of likely N-dealkylation sites (tertiary alicyclic amines) is 1. The first-order chi connectivity index (χ1) is 8.81. The van der Waals surface area contributed by atoms with Crippen molar-refractivity contribution in [2.24, 2.45) is 5.92 Å². The van der Waals surface area contributed by atoms with Gasteiger partial charge in [0, 0.05) is 18.8 Å². The van der Waals surface area contributed by atoms with Gasteiger partial charge in [-0.15, -0.1) is 0 Å². The fraction of sp³-hybridized carbons (Fsp3) is 0.643. The predicted octanol–water partition coefficient (Wildman–Crippen LogP) is 2.67. The molecule has 1 aromatic rings. The number of hydrogen-bond acceptors (Lipinski definition) is 4. The summed E-state index contributed by atoms with van der Waals surface area (Å²) >= 11 is 1.97. The van der Waals surface area contributed by atoms with Crippen LogP contribution in [0.4, 0.5) is 0 Å². The molecule has 0 amide bonds. The van der Waals surface area contributed by atoms with Crippen LogP contribution in [0.3, 0.4) is 0 Å². The summed E-state index contributed by atoms with van der Waals surface area (Å²) in [7, 11) is 1.70. The lowest BCUT2D eigenvalue weighted by Gasteiger charge is -2.31. The second-order valence-corrected chi connectivity index (χ2v) is 5.77. The second kappa shape index (κ2) is 7.00. The third-order valence-corrected chi connectivity index (χ3v) is 4.32. The summed E-state index contributed by atoms with van der Waals surface area (Å²) in [6, 6.07) is 3.93. The van der Waals surface area contributed by atoms with Gasteiger partial charge in [0.05, 0.1) is 12.8 Å². The lowest BCUT2D eigenvalue weighted by Crippen LogP contribution is -2.34. The molecule has 0 aliphatic carbocycles. The van der Waals surface area contributed by atoms with Gasteiger partial charge in [0.2, 0.25) is 0 Å². The highest BCUT2D eigenvalue weighted by molar-refractivity contribution is 7.98. The van der Waals surface area contributed by atoms with E-state index < -0.39 is 0 Å². The number of rotatable bonds is 5. The zero-order chi connectivity index (χ0) is 12.8. The van der Waals surface area contributed by atoms with Crippen molar-refractivity contribution in [2.75, 3.05) is 32.2 Å². The van der Waals surface area contributed by atoms with Crippen LogP contribution in [0.15, 0.2) is 18.3 Å². The van der Waals surface area contributed by atoms with E-state index in [1.54, 1.807) is 7.11 Å². The van der Waals surface area contributed by atoms with E-state index in [1.807, 2.05) is 30.1 Å². The molecule has 1 aromatic heterocycles. The quantitative estimate of drug-likeness (QED) is 0.818. The van der Waals surface area contributed by atoms with Gasteiger partial charge in [-0.3, -0.25) is 9.88 Å². The number of piperidine rings is 1. The maximum Gasteiger partial charge on any atom is 0.122 e. The van der Waals surface area contributed by atoms with Gasteiger partial charge in [-0.05, 0) is 49.9 Å². The number of pyridine rings is 1. The molecular weight excluding hydrogens is 244 g/mol. The van der Waals surface area contributed by atoms with Gasteiger partial charge in [0.25, 0.3) is 0 Å². The SMILES string of the molecule is COc1ccnc(CN2CCC(CSC)CC2)c1. The van der Waals surface area contributed by atoms with Crippen LogP contribution in [0.25, 0.3) is 0 Å². The van der Waals surface area contributed by atoms with Gasteiger partial charge in [-0.1, -0.05) is 0 Å². The van der Waals surface area contributed by atoms with Gasteiger partial charge in [-0.2, -0.15) is 11.8 Å². The zero-order valence-corrected chi connectivity index (χ0v) is 12.1. The van der Waals surface area contributed by atoms with E-state index in [0.717, 1.165) is 23.9 Å². The zero-order valence-electron chi connectivity index (χ0n) is 11.3. The van der Waals surface area contributed by atoms with Crippen molar-refractivity contribution < 1.29 is 4.74 Å². The highest BCUT2D eigenvalue weighted by atomic mass is 32.2. The fourth-order valence-corrected chi connectivity index (χ4v) is 3.25. The fourth-order valence-electron chi connectivity index (χ4n) is 2.45. The standard InChI is InChI=1S/C14H22N2OS/c1-17-14-3-6-15-13(9-14)10-16-7-4-12(5-8-16)11-18-2/h3,6,9,12H,4-5,7-8,10-11H2,1-2H3. The summed E-state index contributed by atoms with van der Waals surface area (Å²) in [5.74, 6) is 3.12. The third-order valence-electron chi connectivity index (χ3n) is 3.52. The number of ether oxygens (including phenoxy) is 1. The van der Waals surface area contributed by atoms with E-state index in [1.165, 1.54) is 31.7 Å². The Bertz CT molecular complexity index is 365. The van der Waals surface area contributed by atoms with Gasteiger partial charge in [-0.25, -0.2) is 0 Å². The van der Waals surface area contributed by atoms with Gasteiger partial charge in [0.1, 0.15) is 5.75 Å². The van der Waals surface area contributed by atoms with Crippen LogP contribution in [0.5, 0.6) is 5.75 Å². The summed E-state index contributed by atoms with van der Waals surface area (Å²) in [4.78, 5) is 6.91. The van der Waals surface area contributed by atoms with Crippen molar-refractivity contribution >= 4 is 11.8 Å². The van der Waals surface area contributed by atoms with Crippen LogP contribution in [0.2, 0.25) is 0 Å². The minimum Gasteiger partial charge on any atom is -0.497 e. The van der Waals surface area contributed by atoms with E-state index in [9.17, 15) is 0 Å². The molecule has 100 valence electrons. The highest BCUT2D eigenvalue weighted by Gasteiger charge is 2.19. The summed E-state index contributed by atoms with van der Waals surface area (Å²) in [5, 5.41) is 0. The molecule has 1 aliphatic heterocycles. The lowest BCUT2D eigenvalue weighted by molar-refractivity contribution is 0.185. The molecule has 1 fully saturated rings. The molecule has 0 atom stereocenters. The van der Waals surface area contributed by atoms with Gasteiger partial charge in [0.15, 0.2) is 0 Å². The molecule has 0 unspecified atom stereocenters. The Morgan fingerprint density at radius 2 is 2.22 bits per heavy atom. The Labute approximate surface area is 114 Å². The average molecular weight is 266 g/mol. The molecule has 4 heteroatoms. The van der Waals surface area contributed by atoms with Crippen LogP contribution >= 0.6 is 11.8 Å². The van der Waals surface area contributed by atoms with Crippen LogP contribution in [-0.2, 0) is 6.54 Å². The maximum absolute atomic E-state index is 5.23. The number of nitrogens with zero attached hydrogens (tertiary/aromatic N) is 2. The minimum absolute atomic E-state index is 0.900. The van der Waals surface area contributed by atoms with E-state index >= 15 is 0 Å². The first-order valence-electron chi connectivity index (χ1n) is 6.52. The van der Waals surface area contributed by atoms with Crippen molar-refractivity contribution in [3.05, 3.63) is 24.0 Å². The summed E-state index contributed by atoms with van der Waals surface area (Å²) < 4.78 is 5.23. The van der Waals surface area contributed by atoms with Crippen LogP contribution in [0, 0.1) is 5.92 Å². The smallest absolute Gasteiger partial charge is 0.122 e. The van der Waals surface area contributed by atoms with Crippen molar-refractivity contribution in [2.45, 2.75) is 19.4 Å². The number of hydrogen-bond donors (Lipinski definition) is 0. The first-order valence-corrected chi connectivity index (χ1v) is 7.91. The average Bonchev–Trinajstić information content (AvgIpc) is 2.42. The molecule has 2 heterocycles. The normalized spacial score (nSPS) is 17.9. The Morgan fingerprint density at radius 3 is 2.89 bits per heavy atom. The minimum atomic E-state index is 0.900. The predicted molar refractivity (Wildman–Crippen MR) is 77.2 cm³/mol. The summed E-state index contributed by atoms with van der Waals surface area (Å²) in [6.07, 6.45) is 6.68. The Balaban J connectivity index is 1.83. The Kier molecular flexibility index (Phi) is 5.32. The van der Waals surface area contributed by atoms with Crippen LogP contribution < -0.4 is 4.74 Å². The van der Waals surface area contributed by atoms with Crippen molar-refractivity contribution in [1.29, 1.82) is 0 Å². The molecule has 18 heavy (non-hydrogen) atoms. The van der Waals surface area contributed by atoms with Crippen LogP contribution in [-0.4, -0.2) is 42.1 Å². The molecule has 1 saturated heterocycles. The molecule has 3 nitrogen and oxygen atoms in total. The largest absolute Gasteiger partial charge is 0.497 e. The van der Waals surface area contributed by atoms with Gasteiger partial charge < -0.3 is 4.74 Å². The lowest BCUT2D eigenvalue weighted by atomic mass is 9.99. The number of aromatic nitrogens is 1. The molecule has 0 radical (unpaired) electrons. The number of thioether (sulfide) groups is 1. The first kappa shape index (κ1) is 13.7. The Morgan fingerprint density at radius 1 is 1.44 bits per heavy atom. The molecule has 2 rings (SSSR count). The van der Waals surface area contributed by atoms with Crippen molar-refractivity contribution in [3.63, 3.8) is 0 Å². The third kappa shape index (κ3) is 3.89.